The van der Waals surface area contributed by atoms with Gasteiger partial charge in [-0.15, -0.1) is 0 Å². The SMILES string of the molecule is Cc1ccc([C@H](CNC(=O)NC2CCCC2)OCCO)cc1. The van der Waals surface area contributed by atoms with Crippen LogP contribution in [-0.2, 0) is 4.74 Å². The number of aryl methyl sites for hydroxylation is 1. The predicted molar refractivity (Wildman–Crippen MR) is 85.7 cm³/mol. The number of urea groups is 1. The largest absolute Gasteiger partial charge is 0.394 e. The maximum atomic E-state index is 11.9. The van der Waals surface area contributed by atoms with E-state index in [1.807, 2.05) is 31.2 Å². The molecule has 5 nitrogen and oxygen atoms in total. The molecule has 0 heterocycles. The Balaban J connectivity index is 1.85. The quantitative estimate of drug-likeness (QED) is 0.724. The number of aliphatic hydroxyl groups excluding tert-OH is 1. The summed E-state index contributed by atoms with van der Waals surface area (Å²) in [5.74, 6) is 0. The van der Waals surface area contributed by atoms with Crippen molar-refractivity contribution in [3.8, 4) is 0 Å². The number of benzene rings is 1. The van der Waals surface area contributed by atoms with Gasteiger partial charge in [0.25, 0.3) is 0 Å². The van der Waals surface area contributed by atoms with Gasteiger partial charge in [-0.05, 0) is 25.3 Å². The Kier molecular flexibility index (Phi) is 6.68. The highest BCUT2D eigenvalue weighted by atomic mass is 16.5. The number of hydrogen-bond donors (Lipinski definition) is 3. The van der Waals surface area contributed by atoms with E-state index in [1.54, 1.807) is 0 Å². The van der Waals surface area contributed by atoms with Crippen LogP contribution in [-0.4, -0.2) is 36.9 Å². The fourth-order valence-corrected chi connectivity index (χ4v) is 2.74. The molecule has 1 aromatic carbocycles. The summed E-state index contributed by atoms with van der Waals surface area (Å²) in [4.78, 5) is 11.9. The van der Waals surface area contributed by atoms with Crippen molar-refractivity contribution < 1.29 is 14.6 Å². The van der Waals surface area contributed by atoms with Crippen LogP contribution in [0.25, 0.3) is 0 Å². The molecular weight excluding hydrogens is 280 g/mol. The molecular formula is C17H26N2O3. The van der Waals surface area contributed by atoms with Crippen LogP contribution >= 0.6 is 0 Å². The molecule has 1 aliphatic rings. The average molecular weight is 306 g/mol. The average Bonchev–Trinajstić information content (AvgIpc) is 3.01. The number of carbonyl (C=O) groups is 1. The second-order valence-electron chi connectivity index (χ2n) is 5.83. The highest BCUT2D eigenvalue weighted by Crippen LogP contribution is 2.18. The van der Waals surface area contributed by atoms with Crippen molar-refractivity contribution in [1.29, 1.82) is 0 Å². The first-order valence-electron chi connectivity index (χ1n) is 8.02. The van der Waals surface area contributed by atoms with Gasteiger partial charge in [0.1, 0.15) is 0 Å². The third kappa shape index (κ3) is 5.31. The van der Waals surface area contributed by atoms with E-state index in [0.717, 1.165) is 18.4 Å². The summed E-state index contributed by atoms with van der Waals surface area (Å²) in [7, 11) is 0. The van der Waals surface area contributed by atoms with E-state index < -0.39 is 0 Å². The van der Waals surface area contributed by atoms with Crippen LogP contribution in [0.15, 0.2) is 24.3 Å². The van der Waals surface area contributed by atoms with E-state index in [2.05, 4.69) is 10.6 Å². The van der Waals surface area contributed by atoms with Crippen molar-refractivity contribution in [1.82, 2.24) is 10.6 Å². The second-order valence-corrected chi connectivity index (χ2v) is 5.83. The van der Waals surface area contributed by atoms with Gasteiger partial charge in [-0.1, -0.05) is 42.7 Å². The molecule has 0 unspecified atom stereocenters. The van der Waals surface area contributed by atoms with Crippen LogP contribution in [0.1, 0.15) is 42.9 Å². The first kappa shape index (κ1) is 16.8. The van der Waals surface area contributed by atoms with Crippen molar-refractivity contribution in [3.63, 3.8) is 0 Å². The van der Waals surface area contributed by atoms with Gasteiger partial charge in [-0.2, -0.15) is 0 Å². The third-order valence-electron chi connectivity index (χ3n) is 4.00. The summed E-state index contributed by atoms with van der Waals surface area (Å²) in [5.41, 5.74) is 2.18. The van der Waals surface area contributed by atoms with E-state index in [1.165, 1.54) is 18.4 Å². The number of carbonyl (C=O) groups excluding carboxylic acids is 1. The van der Waals surface area contributed by atoms with Crippen molar-refractivity contribution in [2.75, 3.05) is 19.8 Å². The smallest absolute Gasteiger partial charge is 0.315 e. The Morgan fingerprint density at radius 2 is 2.00 bits per heavy atom. The zero-order valence-corrected chi connectivity index (χ0v) is 13.2. The van der Waals surface area contributed by atoms with E-state index >= 15 is 0 Å². The zero-order chi connectivity index (χ0) is 15.8. The molecule has 1 aliphatic carbocycles. The van der Waals surface area contributed by atoms with Crippen LogP contribution < -0.4 is 10.6 Å². The summed E-state index contributed by atoms with van der Waals surface area (Å²) in [5, 5.41) is 14.8. The van der Waals surface area contributed by atoms with Crippen LogP contribution in [0.5, 0.6) is 0 Å². The fourth-order valence-electron chi connectivity index (χ4n) is 2.74. The minimum Gasteiger partial charge on any atom is -0.394 e. The summed E-state index contributed by atoms with van der Waals surface area (Å²) in [6, 6.07) is 8.18. The van der Waals surface area contributed by atoms with Gasteiger partial charge in [-0.25, -0.2) is 4.79 Å². The highest BCUT2D eigenvalue weighted by Gasteiger charge is 2.18. The van der Waals surface area contributed by atoms with Gasteiger partial charge in [0.05, 0.1) is 19.3 Å². The molecule has 0 spiro atoms. The maximum Gasteiger partial charge on any atom is 0.315 e. The molecule has 0 radical (unpaired) electrons. The first-order chi connectivity index (χ1) is 10.7. The van der Waals surface area contributed by atoms with E-state index in [-0.39, 0.29) is 25.3 Å². The third-order valence-corrected chi connectivity index (χ3v) is 4.00. The number of ether oxygens (including phenoxy) is 1. The van der Waals surface area contributed by atoms with Crippen LogP contribution in [0.2, 0.25) is 0 Å². The van der Waals surface area contributed by atoms with Gasteiger partial charge in [0.2, 0.25) is 0 Å². The molecule has 1 aromatic rings. The number of hydrogen-bond acceptors (Lipinski definition) is 3. The number of nitrogens with one attached hydrogen (secondary N) is 2. The molecule has 5 heteroatoms. The van der Waals surface area contributed by atoms with Crippen LogP contribution in [0.4, 0.5) is 4.79 Å². The topological polar surface area (TPSA) is 70.6 Å². The van der Waals surface area contributed by atoms with Gasteiger partial charge in [-0.3, -0.25) is 0 Å². The Labute approximate surface area is 132 Å². The molecule has 2 rings (SSSR count). The predicted octanol–water partition coefficient (Wildman–Crippen LogP) is 2.29. The fraction of sp³-hybridized carbons (Fsp3) is 0.588. The molecule has 3 N–H and O–H groups in total. The lowest BCUT2D eigenvalue weighted by atomic mass is 10.1. The van der Waals surface area contributed by atoms with E-state index in [0.29, 0.717) is 12.6 Å². The summed E-state index contributed by atoms with van der Waals surface area (Å²) >= 11 is 0. The Hall–Kier alpha value is -1.59. The standard InChI is InChI=1S/C17H26N2O3/c1-13-6-8-14(9-7-13)16(22-11-10-20)12-18-17(21)19-15-4-2-3-5-15/h6-9,15-16,20H,2-5,10-12H2,1H3,(H2,18,19,21)/t16-/m0/s1. The lowest BCUT2D eigenvalue weighted by Gasteiger charge is -2.20. The minimum atomic E-state index is -0.248. The molecule has 2 amide bonds. The molecule has 0 aromatic heterocycles. The lowest BCUT2D eigenvalue weighted by Crippen LogP contribution is -2.42. The van der Waals surface area contributed by atoms with Crippen LogP contribution in [0.3, 0.4) is 0 Å². The van der Waals surface area contributed by atoms with Crippen molar-refractivity contribution in [2.24, 2.45) is 0 Å². The monoisotopic (exact) mass is 306 g/mol. The van der Waals surface area contributed by atoms with Gasteiger partial charge < -0.3 is 20.5 Å². The molecule has 0 aliphatic heterocycles. The normalized spacial score (nSPS) is 16.5. The first-order valence-corrected chi connectivity index (χ1v) is 8.02. The second kappa shape index (κ2) is 8.76. The number of aliphatic hydroxyl groups is 1. The van der Waals surface area contributed by atoms with Gasteiger partial charge in [0.15, 0.2) is 0 Å². The van der Waals surface area contributed by atoms with Gasteiger partial charge in [0, 0.05) is 12.6 Å². The Morgan fingerprint density at radius 1 is 1.32 bits per heavy atom. The number of amides is 2. The molecule has 22 heavy (non-hydrogen) atoms. The van der Waals surface area contributed by atoms with Crippen LogP contribution in [0, 0.1) is 6.92 Å². The van der Waals surface area contributed by atoms with E-state index in [9.17, 15) is 4.79 Å². The summed E-state index contributed by atoms with van der Waals surface area (Å²) in [6.45, 7) is 2.64. The molecule has 1 fully saturated rings. The van der Waals surface area contributed by atoms with Crippen molar-refractivity contribution >= 4 is 6.03 Å². The summed E-state index contributed by atoms with van der Waals surface area (Å²) in [6.07, 6.45) is 4.26. The van der Waals surface area contributed by atoms with E-state index in [4.69, 9.17) is 9.84 Å². The summed E-state index contributed by atoms with van der Waals surface area (Å²) < 4.78 is 5.65. The Morgan fingerprint density at radius 3 is 2.64 bits per heavy atom. The van der Waals surface area contributed by atoms with Gasteiger partial charge >= 0.3 is 6.03 Å². The lowest BCUT2D eigenvalue weighted by molar-refractivity contribution is 0.0294. The maximum absolute atomic E-state index is 11.9. The molecule has 0 bridgehead atoms. The highest BCUT2D eigenvalue weighted by molar-refractivity contribution is 5.74. The minimum absolute atomic E-state index is 0.0311. The zero-order valence-electron chi connectivity index (χ0n) is 13.2. The number of rotatable bonds is 7. The molecule has 122 valence electrons. The molecule has 0 saturated heterocycles. The van der Waals surface area contributed by atoms with Crippen molar-refractivity contribution in [3.05, 3.63) is 35.4 Å². The molecule has 1 saturated carbocycles. The Bertz CT molecular complexity index is 455. The molecule has 1 atom stereocenters. The van der Waals surface area contributed by atoms with Crippen molar-refractivity contribution in [2.45, 2.75) is 44.8 Å².